The quantitative estimate of drug-likeness (QED) is 0.246. The predicted octanol–water partition coefficient (Wildman–Crippen LogP) is 6.20. The third-order valence-electron chi connectivity index (χ3n) is 4.95. The minimum absolute atomic E-state index is 0.497. The Hall–Kier alpha value is -3.49. The molecule has 0 aliphatic rings. The van der Waals surface area contributed by atoms with Gasteiger partial charge in [-0.1, -0.05) is 35.5 Å². The lowest BCUT2D eigenvalue weighted by molar-refractivity contribution is 0.415. The number of nitrogens with zero attached hydrogens (tertiary/aromatic N) is 4. The van der Waals surface area contributed by atoms with Crippen LogP contribution >= 0.6 is 23.4 Å². The van der Waals surface area contributed by atoms with E-state index >= 15 is 0 Å². The van der Waals surface area contributed by atoms with Gasteiger partial charge >= 0.3 is 0 Å². The van der Waals surface area contributed by atoms with E-state index in [9.17, 15) is 0 Å². The molecule has 0 amide bonds. The maximum absolute atomic E-state index is 5.97. The number of rotatable bonds is 8. The number of methoxy groups -OCH3 is 1. The second kappa shape index (κ2) is 9.56. The van der Waals surface area contributed by atoms with Crippen LogP contribution in [0.4, 0.5) is 0 Å². The van der Waals surface area contributed by atoms with Gasteiger partial charge in [0.2, 0.25) is 5.89 Å². The van der Waals surface area contributed by atoms with Gasteiger partial charge in [-0.25, -0.2) is 4.98 Å². The summed E-state index contributed by atoms with van der Waals surface area (Å²) in [5.74, 6) is 4.08. The first-order valence-electron chi connectivity index (χ1n) is 10.1. The number of thioether (sulfide) groups is 1. The molecule has 7 nitrogen and oxygen atoms in total. The molecule has 33 heavy (non-hydrogen) atoms. The van der Waals surface area contributed by atoms with Gasteiger partial charge < -0.3 is 13.6 Å². The molecule has 0 saturated carbocycles. The molecule has 0 bridgehead atoms. The molecular weight excluding hydrogens is 460 g/mol. The lowest BCUT2D eigenvalue weighted by atomic mass is 10.2. The van der Waals surface area contributed by atoms with Crippen LogP contribution in [-0.4, -0.2) is 26.9 Å². The van der Waals surface area contributed by atoms with E-state index in [4.69, 9.17) is 25.2 Å². The average molecular weight is 479 g/mol. The summed E-state index contributed by atoms with van der Waals surface area (Å²) in [4.78, 5) is 4.41. The van der Waals surface area contributed by atoms with E-state index in [2.05, 4.69) is 15.2 Å². The Morgan fingerprint density at radius 3 is 2.70 bits per heavy atom. The fourth-order valence-corrected chi connectivity index (χ4v) is 4.24. The monoisotopic (exact) mass is 478 g/mol. The fraction of sp³-hybridized carbons (Fsp3) is 0.125. The first-order chi connectivity index (χ1) is 16.2. The van der Waals surface area contributed by atoms with E-state index in [0.717, 1.165) is 33.6 Å². The van der Waals surface area contributed by atoms with Crippen LogP contribution in [0.2, 0.25) is 5.02 Å². The molecule has 0 unspecified atom stereocenters. The van der Waals surface area contributed by atoms with Crippen LogP contribution in [0.25, 0.3) is 22.7 Å². The molecule has 0 N–H and O–H groups in total. The lowest BCUT2D eigenvalue weighted by Gasteiger charge is -2.09. The Bertz CT molecular complexity index is 1350. The third kappa shape index (κ3) is 4.81. The van der Waals surface area contributed by atoms with Crippen molar-refractivity contribution in [2.24, 2.45) is 0 Å². The van der Waals surface area contributed by atoms with Crippen LogP contribution in [0.15, 0.2) is 87.1 Å². The zero-order valence-electron chi connectivity index (χ0n) is 17.6. The lowest BCUT2D eigenvalue weighted by Crippen LogP contribution is -2.03. The highest BCUT2D eigenvalue weighted by Gasteiger charge is 2.17. The van der Waals surface area contributed by atoms with Crippen molar-refractivity contribution in [3.63, 3.8) is 0 Å². The molecule has 166 valence electrons. The zero-order valence-corrected chi connectivity index (χ0v) is 19.2. The van der Waals surface area contributed by atoms with Crippen molar-refractivity contribution in [2.45, 2.75) is 17.5 Å². The van der Waals surface area contributed by atoms with Crippen LogP contribution < -0.4 is 4.74 Å². The molecule has 0 spiro atoms. The largest absolute Gasteiger partial charge is 0.497 e. The minimum atomic E-state index is 0.497. The molecule has 0 radical (unpaired) electrons. The Balaban J connectivity index is 1.40. The summed E-state index contributed by atoms with van der Waals surface area (Å²) in [5, 5.41) is 10.3. The minimum Gasteiger partial charge on any atom is -0.497 e. The highest BCUT2D eigenvalue weighted by molar-refractivity contribution is 7.98. The summed E-state index contributed by atoms with van der Waals surface area (Å²) in [5.41, 5.74) is 1.82. The molecule has 2 aromatic carbocycles. The standard InChI is InChI=1S/C24H19ClN4O3S/c1-30-19-5-2-4-17(12-19)23-27-28-24(29(23)14-20-6-3-11-31-20)33-15-22-26-13-21(32-22)16-7-9-18(25)10-8-16/h2-13H,14-15H2,1H3. The summed E-state index contributed by atoms with van der Waals surface area (Å²) in [6, 6.07) is 19.0. The number of oxazole rings is 1. The number of hydrogen-bond donors (Lipinski definition) is 0. The van der Waals surface area contributed by atoms with Crippen molar-refractivity contribution in [1.29, 1.82) is 0 Å². The maximum atomic E-state index is 5.97. The van der Waals surface area contributed by atoms with Gasteiger partial charge in [0, 0.05) is 16.1 Å². The number of benzene rings is 2. The molecule has 0 aliphatic carbocycles. The molecule has 0 saturated heterocycles. The Morgan fingerprint density at radius 2 is 1.91 bits per heavy atom. The van der Waals surface area contributed by atoms with Crippen molar-refractivity contribution in [3.05, 3.63) is 89.8 Å². The van der Waals surface area contributed by atoms with Crippen LogP contribution in [0.3, 0.4) is 0 Å². The van der Waals surface area contributed by atoms with Gasteiger partial charge in [0.15, 0.2) is 16.7 Å². The normalized spacial score (nSPS) is 11.1. The van der Waals surface area contributed by atoms with Gasteiger partial charge in [0.25, 0.3) is 0 Å². The Morgan fingerprint density at radius 1 is 1.03 bits per heavy atom. The topological polar surface area (TPSA) is 79.1 Å². The van der Waals surface area contributed by atoms with Crippen LogP contribution in [0.1, 0.15) is 11.7 Å². The molecule has 3 heterocycles. The Kier molecular flexibility index (Phi) is 6.19. The van der Waals surface area contributed by atoms with Gasteiger partial charge in [-0.3, -0.25) is 4.57 Å². The van der Waals surface area contributed by atoms with Gasteiger partial charge in [-0.05, 0) is 48.5 Å². The average Bonchev–Trinajstić information content (AvgIpc) is 3.60. The number of hydrogen-bond acceptors (Lipinski definition) is 7. The molecule has 0 atom stereocenters. The van der Waals surface area contributed by atoms with Crippen molar-refractivity contribution in [1.82, 2.24) is 19.7 Å². The predicted molar refractivity (Wildman–Crippen MR) is 126 cm³/mol. The van der Waals surface area contributed by atoms with Gasteiger partial charge in [-0.15, -0.1) is 10.2 Å². The van der Waals surface area contributed by atoms with E-state index in [-0.39, 0.29) is 0 Å². The van der Waals surface area contributed by atoms with E-state index in [0.29, 0.717) is 29.0 Å². The third-order valence-corrected chi connectivity index (χ3v) is 6.15. The van der Waals surface area contributed by atoms with Crippen molar-refractivity contribution in [2.75, 3.05) is 7.11 Å². The molecule has 9 heteroatoms. The van der Waals surface area contributed by atoms with E-state index < -0.39 is 0 Å². The van der Waals surface area contributed by atoms with Crippen molar-refractivity contribution >= 4 is 23.4 Å². The highest BCUT2D eigenvalue weighted by atomic mass is 35.5. The van der Waals surface area contributed by atoms with E-state index in [1.54, 1.807) is 19.6 Å². The number of furan rings is 1. The van der Waals surface area contributed by atoms with Crippen molar-refractivity contribution < 1.29 is 13.6 Å². The SMILES string of the molecule is COc1cccc(-c2nnc(SCc3ncc(-c4ccc(Cl)cc4)o3)n2Cc2ccco2)c1. The summed E-state index contributed by atoms with van der Waals surface area (Å²) >= 11 is 7.47. The van der Waals surface area contributed by atoms with Crippen LogP contribution in [-0.2, 0) is 12.3 Å². The summed E-state index contributed by atoms with van der Waals surface area (Å²) in [7, 11) is 1.64. The second-order valence-corrected chi connectivity index (χ2v) is 8.50. The van der Waals surface area contributed by atoms with Crippen LogP contribution in [0, 0.1) is 0 Å². The van der Waals surface area contributed by atoms with Crippen LogP contribution in [0.5, 0.6) is 5.75 Å². The highest BCUT2D eigenvalue weighted by Crippen LogP contribution is 2.30. The first-order valence-corrected chi connectivity index (χ1v) is 11.5. The Labute approximate surface area is 199 Å². The van der Waals surface area contributed by atoms with E-state index in [1.165, 1.54) is 11.8 Å². The summed E-state index contributed by atoms with van der Waals surface area (Å²) in [6.45, 7) is 0.497. The zero-order chi connectivity index (χ0) is 22.6. The summed E-state index contributed by atoms with van der Waals surface area (Å²) < 4.78 is 18.9. The van der Waals surface area contributed by atoms with Gasteiger partial charge in [-0.2, -0.15) is 0 Å². The van der Waals surface area contributed by atoms with Crippen molar-refractivity contribution in [3.8, 4) is 28.5 Å². The molecule has 0 fully saturated rings. The van der Waals surface area contributed by atoms with E-state index in [1.807, 2.05) is 65.2 Å². The molecule has 0 aliphatic heterocycles. The second-order valence-electron chi connectivity index (χ2n) is 7.12. The molecule has 3 aromatic heterocycles. The molecule has 5 rings (SSSR count). The molecule has 5 aromatic rings. The fourth-order valence-electron chi connectivity index (χ4n) is 3.32. The first kappa shape index (κ1) is 21.4. The van der Waals surface area contributed by atoms with Gasteiger partial charge in [0.05, 0.1) is 31.9 Å². The number of halogens is 1. The number of ether oxygens (including phenoxy) is 1. The van der Waals surface area contributed by atoms with Gasteiger partial charge in [0.1, 0.15) is 11.5 Å². The molecular formula is C24H19ClN4O3S. The summed E-state index contributed by atoms with van der Waals surface area (Å²) in [6.07, 6.45) is 3.37. The maximum Gasteiger partial charge on any atom is 0.205 e. The number of aromatic nitrogens is 4. The smallest absolute Gasteiger partial charge is 0.205 e.